The van der Waals surface area contributed by atoms with E-state index in [4.69, 9.17) is 0 Å². The summed E-state index contributed by atoms with van der Waals surface area (Å²) >= 11 is 0. The minimum atomic E-state index is 0.525. The Kier molecular flexibility index (Phi) is 4.56. The number of pyridine rings is 1. The molecule has 1 N–H and O–H groups in total. The third-order valence-electron chi connectivity index (χ3n) is 2.25. The van der Waals surface area contributed by atoms with Gasteiger partial charge in [-0.05, 0) is 32.6 Å². The van der Waals surface area contributed by atoms with Crippen LogP contribution in [0.1, 0.15) is 12.5 Å². The van der Waals surface area contributed by atoms with Gasteiger partial charge in [-0.25, -0.2) is 0 Å². The molecule has 0 saturated carbocycles. The van der Waals surface area contributed by atoms with Gasteiger partial charge in [0.05, 0.1) is 0 Å². The van der Waals surface area contributed by atoms with Crippen molar-refractivity contribution in [3.8, 4) is 0 Å². The number of aromatic nitrogens is 1. The molecule has 1 heterocycles. The topological polar surface area (TPSA) is 28.2 Å². The van der Waals surface area contributed by atoms with Gasteiger partial charge in [-0.1, -0.05) is 6.07 Å². The van der Waals surface area contributed by atoms with Crippen LogP contribution in [-0.2, 0) is 6.54 Å². The number of hydrogen-bond donors (Lipinski definition) is 1. The van der Waals surface area contributed by atoms with E-state index in [1.165, 1.54) is 5.56 Å². The van der Waals surface area contributed by atoms with Crippen LogP contribution >= 0.6 is 0 Å². The average Bonchev–Trinajstić information content (AvgIpc) is 2.19. The van der Waals surface area contributed by atoms with Crippen molar-refractivity contribution < 1.29 is 0 Å². The molecule has 0 amide bonds. The van der Waals surface area contributed by atoms with Gasteiger partial charge in [0, 0.05) is 31.5 Å². The highest BCUT2D eigenvalue weighted by atomic mass is 15.1. The quantitative estimate of drug-likeness (QED) is 0.759. The van der Waals surface area contributed by atoms with E-state index in [1.54, 1.807) is 6.20 Å². The lowest BCUT2D eigenvalue weighted by Gasteiger charge is -2.20. The molecule has 0 fully saturated rings. The third kappa shape index (κ3) is 3.85. The molecule has 1 unspecified atom stereocenters. The molecular formula is C11H19N3. The van der Waals surface area contributed by atoms with Gasteiger partial charge in [0.25, 0.3) is 0 Å². The maximum absolute atomic E-state index is 4.09. The smallest absolute Gasteiger partial charge is 0.0312 e. The second kappa shape index (κ2) is 5.73. The van der Waals surface area contributed by atoms with Crippen LogP contribution in [0.15, 0.2) is 24.5 Å². The number of likely N-dealkylation sites (N-methyl/N-ethyl adjacent to an activating group) is 2. The minimum Gasteiger partial charge on any atom is -0.316 e. The molecule has 78 valence electrons. The fraction of sp³-hybridized carbons (Fsp3) is 0.545. The van der Waals surface area contributed by atoms with E-state index >= 15 is 0 Å². The largest absolute Gasteiger partial charge is 0.316 e. The van der Waals surface area contributed by atoms with Crippen LogP contribution in [0, 0.1) is 0 Å². The summed E-state index contributed by atoms with van der Waals surface area (Å²) in [6.07, 6.45) is 3.72. The summed E-state index contributed by atoms with van der Waals surface area (Å²) in [5.74, 6) is 0. The summed E-state index contributed by atoms with van der Waals surface area (Å²) in [5.41, 5.74) is 1.26. The molecular weight excluding hydrogens is 174 g/mol. The number of nitrogens with zero attached hydrogens (tertiary/aromatic N) is 2. The molecule has 1 aromatic rings. The summed E-state index contributed by atoms with van der Waals surface area (Å²) in [5, 5.41) is 3.22. The predicted octanol–water partition coefficient (Wildman–Crippen LogP) is 1.12. The highest BCUT2D eigenvalue weighted by Gasteiger charge is 2.04. The van der Waals surface area contributed by atoms with E-state index in [2.05, 4.69) is 35.2 Å². The van der Waals surface area contributed by atoms with E-state index in [0.29, 0.717) is 6.04 Å². The summed E-state index contributed by atoms with van der Waals surface area (Å²) in [7, 11) is 4.11. The van der Waals surface area contributed by atoms with E-state index in [9.17, 15) is 0 Å². The summed E-state index contributed by atoms with van der Waals surface area (Å²) in [6.45, 7) is 4.19. The normalized spacial score (nSPS) is 13.1. The van der Waals surface area contributed by atoms with Crippen LogP contribution in [0.5, 0.6) is 0 Å². The highest BCUT2D eigenvalue weighted by molar-refractivity contribution is 5.07. The maximum Gasteiger partial charge on any atom is 0.0312 e. The summed E-state index contributed by atoms with van der Waals surface area (Å²) in [4.78, 5) is 6.38. The van der Waals surface area contributed by atoms with E-state index in [-0.39, 0.29) is 0 Å². The fourth-order valence-electron chi connectivity index (χ4n) is 1.43. The third-order valence-corrected chi connectivity index (χ3v) is 2.25. The van der Waals surface area contributed by atoms with E-state index < -0.39 is 0 Å². The van der Waals surface area contributed by atoms with E-state index in [0.717, 1.165) is 13.1 Å². The van der Waals surface area contributed by atoms with Crippen LogP contribution in [-0.4, -0.2) is 36.6 Å². The number of nitrogens with one attached hydrogen (secondary N) is 1. The predicted molar refractivity (Wildman–Crippen MR) is 59.1 cm³/mol. The average molecular weight is 193 g/mol. The maximum atomic E-state index is 4.09. The van der Waals surface area contributed by atoms with Gasteiger partial charge in [-0.15, -0.1) is 0 Å². The van der Waals surface area contributed by atoms with Crippen molar-refractivity contribution in [2.45, 2.75) is 19.5 Å². The zero-order chi connectivity index (χ0) is 10.4. The minimum absolute atomic E-state index is 0.525. The van der Waals surface area contributed by atoms with Gasteiger partial charge in [0.1, 0.15) is 0 Å². The van der Waals surface area contributed by atoms with Crippen molar-refractivity contribution in [2.24, 2.45) is 0 Å². The highest BCUT2D eigenvalue weighted by Crippen LogP contribution is 2.00. The first-order chi connectivity index (χ1) is 6.72. The Labute approximate surface area is 86.2 Å². The zero-order valence-electron chi connectivity index (χ0n) is 9.20. The lowest BCUT2D eigenvalue weighted by molar-refractivity contribution is 0.295. The number of rotatable bonds is 5. The lowest BCUT2D eigenvalue weighted by atomic mass is 10.2. The molecule has 3 nitrogen and oxygen atoms in total. The van der Waals surface area contributed by atoms with Crippen molar-refractivity contribution in [1.82, 2.24) is 15.2 Å². The van der Waals surface area contributed by atoms with Crippen molar-refractivity contribution in [3.05, 3.63) is 30.1 Å². The fourth-order valence-corrected chi connectivity index (χ4v) is 1.43. The van der Waals surface area contributed by atoms with Crippen LogP contribution in [0.25, 0.3) is 0 Å². The first kappa shape index (κ1) is 11.1. The Morgan fingerprint density at radius 3 is 2.93 bits per heavy atom. The zero-order valence-corrected chi connectivity index (χ0v) is 9.20. The van der Waals surface area contributed by atoms with Crippen LogP contribution < -0.4 is 5.32 Å². The molecule has 0 spiro atoms. The molecule has 1 aromatic heterocycles. The molecule has 0 aliphatic rings. The molecule has 3 heteroatoms. The van der Waals surface area contributed by atoms with Crippen molar-refractivity contribution in [1.29, 1.82) is 0 Å². The molecule has 0 aliphatic heterocycles. The Hall–Kier alpha value is -0.930. The summed E-state index contributed by atoms with van der Waals surface area (Å²) < 4.78 is 0. The van der Waals surface area contributed by atoms with Gasteiger partial charge in [-0.2, -0.15) is 0 Å². The molecule has 1 atom stereocenters. The van der Waals surface area contributed by atoms with Crippen molar-refractivity contribution in [2.75, 3.05) is 20.6 Å². The van der Waals surface area contributed by atoms with Crippen LogP contribution in [0.2, 0.25) is 0 Å². The second-order valence-electron chi connectivity index (χ2n) is 3.75. The lowest BCUT2D eigenvalue weighted by Crippen LogP contribution is -2.34. The summed E-state index contributed by atoms with van der Waals surface area (Å²) in [6, 6.07) is 4.61. The van der Waals surface area contributed by atoms with Gasteiger partial charge in [0.2, 0.25) is 0 Å². The molecule has 0 saturated heterocycles. The Bertz CT molecular complexity index is 248. The number of hydrogen-bond acceptors (Lipinski definition) is 3. The first-order valence-corrected chi connectivity index (χ1v) is 4.97. The molecule has 1 rings (SSSR count). The Morgan fingerprint density at radius 2 is 2.36 bits per heavy atom. The Balaban J connectivity index is 2.37. The van der Waals surface area contributed by atoms with Gasteiger partial charge < -0.3 is 10.2 Å². The second-order valence-corrected chi connectivity index (χ2v) is 3.75. The van der Waals surface area contributed by atoms with Crippen molar-refractivity contribution in [3.63, 3.8) is 0 Å². The molecule has 0 aromatic carbocycles. The van der Waals surface area contributed by atoms with Gasteiger partial charge in [0.15, 0.2) is 0 Å². The monoisotopic (exact) mass is 193 g/mol. The Morgan fingerprint density at radius 1 is 1.57 bits per heavy atom. The molecule has 0 bridgehead atoms. The van der Waals surface area contributed by atoms with Gasteiger partial charge >= 0.3 is 0 Å². The van der Waals surface area contributed by atoms with Gasteiger partial charge in [-0.3, -0.25) is 4.98 Å². The van der Waals surface area contributed by atoms with Crippen LogP contribution in [0.4, 0.5) is 0 Å². The molecule has 0 aliphatic carbocycles. The SMILES string of the molecule is CNC(C)CN(C)Cc1cccnc1. The standard InChI is InChI=1S/C11H19N3/c1-10(12-2)8-14(3)9-11-5-4-6-13-7-11/h4-7,10,12H,8-9H2,1-3H3. The van der Waals surface area contributed by atoms with Crippen molar-refractivity contribution >= 4 is 0 Å². The van der Waals surface area contributed by atoms with E-state index in [1.807, 2.05) is 19.3 Å². The molecule has 14 heavy (non-hydrogen) atoms. The molecule has 0 radical (unpaired) electrons. The van der Waals surface area contributed by atoms with Crippen LogP contribution in [0.3, 0.4) is 0 Å². The first-order valence-electron chi connectivity index (χ1n) is 4.97.